The van der Waals surface area contributed by atoms with Crippen LogP contribution in [0.2, 0.25) is 0 Å². The lowest BCUT2D eigenvalue weighted by Crippen LogP contribution is -2.30. The second-order valence-corrected chi connectivity index (χ2v) is 5.64. The summed E-state index contributed by atoms with van der Waals surface area (Å²) in [7, 11) is 0. The van der Waals surface area contributed by atoms with Gasteiger partial charge in [-0.1, -0.05) is 12.8 Å². The van der Waals surface area contributed by atoms with E-state index in [0.29, 0.717) is 37.4 Å². The molecule has 0 saturated carbocycles. The predicted octanol–water partition coefficient (Wildman–Crippen LogP) is 2.07. The highest BCUT2D eigenvalue weighted by atomic mass is 15.2. The first-order valence-electron chi connectivity index (χ1n) is 8.12. The molecule has 1 aliphatic heterocycles. The molecule has 1 aliphatic rings. The minimum Gasteiger partial charge on any atom is -0.393 e. The second kappa shape index (κ2) is 8.79. The molecule has 0 atom stereocenters. The Balaban J connectivity index is 2.25. The Kier molecular flexibility index (Phi) is 6.43. The molecule has 23 heavy (non-hydrogen) atoms. The van der Waals surface area contributed by atoms with Crippen molar-refractivity contribution in [2.75, 3.05) is 41.7 Å². The van der Waals surface area contributed by atoms with Gasteiger partial charge in [-0.2, -0.15) is 10.5 Å². The highest BCUT2D eigenvalue weighted by Gasteiger charge is 2.19. The molecule has 0 radical (unpaired) electrons. The van der Waals surface area contributed by atoms with Crippen molar-refractivity contribution in [3.63, 3.8) is 0 Å². The number of nitrogen functional groups attached to an aromatic ring is 1. The molecular formula is C16H23N7. The van der Waals surface area contributed by atoms with E-state index < -0.39 is 0 Å². The smallest absolute Gasteiger partial charge is 0.157 e. The molecule has 122 valence electrons. The van der Waals surface area contributed by atoms with E-state index in [-0.39, 0.29) is 0 Å². The van der Waals surface area contributed by atoms with E-state index >= 15 is 0 Å². The fourth-order valence-corrected chi connectivity index (χ4v) is 2.86. The summed E-state index contributed by atoms with van der Waals surface area (Å²) in [5.41, 5.74) is 6.88. The maximum atomic E-state index is 8.83. The van der Waals surface area contributed by atoms with E-state index in [0.717, 1.165) is 31.7 Å². The first-order valence-corrected chi connectivity index (χ1v) is 8.12. The van der Waals surface area contributed by atoms with Gasteiger partial charge in [0.05, 0.1) is 25.0 Å². The second-order valence-electron chi connectivity index (χ2n) is 5.64. The van der Waals surface area contributed by atoms with Crippen LogP contribution in [0.3, 0.4) is 0 Å². The molecule has 0 amide bonds. The molecule has 1 fully saturated rings. The van der Waals surface area contributed by atoms with Gasteiger partial charge >= 0.3 is 0 Å². The number of hydrogen-bond donors (Lipinski definition) is 1. The van der Waals surface area contributed by atoms with Crippen LogP contribution >= 0.6 is 0 Å². The molecule has 0 unspecified atom stereocenters. The van der Waals surface area contributed by atoms with Gasteiger partial charge in [-0.25, -0.2) is 9.97 Å². The zero-order chi connectivity index (χ0) is 16.5. The summed E-state index contributed by atoms with van der Waals surface area (Å²) in [4.78, 5) is 12.8. The number of anilines is 3. The molecule has 1 saturated heterocycles. The van der Waals surface area contributed by atoms with Crippen LogP contribution in [0.5, 0.6) is 0 Å². The zero-order valence-corrected chi connectivity index (χ0v) is 13.4. The summed E-state index contributed by atoms with van der Waals surface area (Å²) in [5, 5.41) is 17.7. The lowest BCUT2D eigenvalue weighted by molar-refractivity contribution is 0.726. The number of hydrogen-bond acceptors (Lipinski definition) is 7. The summed E-state index contributed by atoms with van der Waals surface area (Å²) in [5.74, 6) is 1.40. The topological polar surface area (TPSA) is 106 Å². The zero-order valence-electron chi connectivity index (χ0n) is 13.4. The predicted molar refractivity (Wildman–Crippen MR) is 89.8 cm³/mol. The van der Waals surface area contributed by atoms with Gasteiger partial charge in [0.2, 0.25) is 0 Å². The van der Waals surface area contributed by atoms with Crippen molar-refractivity contribution in [1.29, 1.82) is 10.5 Å². The molecule has 1 aromatic rings. The summed E-state index contributed by atoms with van der Waals surface area (Å²) < 4.78 is 0. The van der Waals surface area contributed by atoms with Gasteiger partial charge in [0.15, 0.2) is 11.6 Å². The third-order valence-corrected chi connectivity index (χ3v) is 4.03. The number of nitriles is 2. The van der Waals surface area contributed by atoms with Crippen molar-refractivity contribution < 1.29 is 0 Å². The Morgan fingerprint density at radius 1 is 1.04 bits per heavy atom. The SMILES string of the molecule is N#CCCN(CCC#N)c1ncnc(N2CCCCCC2)c1N. The van der Waals surface area contributed by atoms with E-state index in [9.17, 15) is 0 Å². The quantitative estimate of drug-likeness (QED) is 0.856. The van der Waals surface area contributed by atoms with Crippen LogP contribution in [0.1, 0.15) is 38.5 Å². The van der Waals surface area contributed by atoms with Gasteiger partial charge in [-0.15, -0.1) is 0 Å². The van der Waals surface area contributed by atoms with Crippen LogP contribution in [-0.2, 0) is 0 Å². The summed E-state index contributed by atoms with van der Waals surface area (Å²) in [6.45, 7) is 2.94. The molecule has 7 heteroatoms. The monoisotopic (exact) mass is 313 g/mol. The summed E-state index contributed by atoms with van der Waals surface area (Å²) in [6.07, 6.45) is 7.03. The van der Waals surface area contributed by atoms with Gasteiger partial charge in [-0.3, -0.25) is 0 Å². The first-order chi connectivity index (χ1) is 11.3. The average Bonchev–Trinajstić information content (AvgIpc) is 2.85. The van der Waals surface area contributed by atoms with E-state index in [4.69, 9.17) is 16.3 Å². The summed E-state index contributed by atoms with van der Waals surface area (Å²) >= 11 is 0. The van der Waals surface area contributed by atoms with Gasteiger partial charge < -0.3 is 15.5 Å². The van der Waals surface area contributed by atoms with E-state index in [2.05, 4.69) is 27.0 Å². The molecule has 1 aromatic heterocycles. The number of aromatic nitrogens is 2. The van der Waals surface area contributed by atoms with Crippen molar-refractivity contribution in [2.45, 2.75) is 38.5 Å². The van der Waals surface area contributed by atoms with E-state index in [1.807, 2.05) is 4.90 Å². The lowest BCUT2D eigenvalue weighted by Gasteiger charge is -2.27. The van der Waals surface area contributed by atoms with Crippen LogP contribution < -0.4 is 15.5 Å². The Bertz CT molecular complexity index is 561. The molecule has 7 nitrogen and oxygen atoms in total. The van der Waals surface area contributed by atoms with Crippen LogP contribution in [0.4, 0.5) is 17.3 Å². The van der Waals surface area contributed by atoms with Crippen molar-refractivity contribution >= 4 is 17.3 Å². The first kappa shape index (κ1) is 16.8. The van der Waals surface area contributed by atoms with Crippen molar-refractivity contribution in [2.24, 2.45) is 0 Å². The maximum Gasteiger partial charge on any atom is 0.157 e. The third kappa shape index (κ3) is 4.46. The van der Waals surface area contributed by atoms with Crippen molar-refractivity contribution in [3.05, 3.63) is 6.33 Å². The van der Waals surface area contributed by atoms with Gasteiger partial charge in [0.1, 0.15) is 12.0 Å². The standard InChI is InChI=1S/C16H23N7/c17-7-5-11-23(12-6-8-18)16-14(19)15(20-13-21-16)22-9-3-1-2-4-10-22/h13H,1-6,9-12,19H2. The molecule has 2 rings (SSSR count). The van der Waals surface area contributed by atoms with Crippen LogP contribution in [0.25, 0.3) is 0 Å². The third-order valence-electron chi connectivity index (χ3n) is 4.03. The van der Waals surface area contributed by atoms with Crippen LogP contribution in [0, 0.1) is 22.7 Å². The molecule has 0 spiro atoms. The minimum absolute atomic E-state index is 0.369. The fraction of sp³-hybridized carbons (Fsp3) is 0.625. The Labute approximate surface area is 137 Å². The molecule has 0 bridgehead atoms. The van der Waals surface area contributed by atoms with Gasteiger partial charge in [-0.05, 0) is 12.8 Å². The highest BCUT2D eigenvalue weighted by Crippen LogP contribution is 2.30. The molecular weight excluding hydrogens is 290 g/mol. The summed E-state index contributed by atoms with van der Waals surface area (Å²) in [6, 6.07) is 4.26. The van der Waals surface area contributed by atoms with E-state index in [1.165, 1.54) is 19.2 Å². The number of nitrogens with zero attached hydrogens (tertiary/aromatic N) is 6. The van der Waals surface area contributed by atoms with E-state index in [1.54, 1.807) is 0 Å². The van der Waals surface area contributed by atoms with Crippen LogP contribution in [-0.4, -0.2) is 36.1 Å². The normalized spacial score (nSPS) is 14.6. The molecule has 2 N–H and O–H groups in total. The van der Waals surface area contributed by atoms with Crippen molar-refractivity contribution in [3.8, 4) is 12.1 Å². The lowest BCUT2D eigenvalue weighted by atomic mass is 10.2. The van der Waals surface area contributed by atoms with Gasteiger partial charge in [0, 0.05) is 26.2 Å². The van der Waals surface area contributed by atoms with Gasteiger partial charge in [0.25, 0.3) is 0 Å². The Morgan fingerprint density at radius 2 is 1.65 bits per heavy atom. The minimum atomic E-state index is 0.369. The van der Waals surface area contributed by atoms with Crippen molar-refractivity contribution in [1.82, 2.24) is 9.97 Å². The Hall–Kier alpha value is -2.54. The number of rotatable bonds is 6. The molecule has 0 aromatic carbocycles. The number of nitrogens with two attached hydrogens (primary N) is 1. The highest BCUT2D eigenvalue weighted by molar-refractivity contribution is 5.75. The average molecular weight is 313 g/mol. The Morgan fingerprint density at radius 3 is 2.22 bits per heavy atom. The largest absolute Gasteiger partial charge is 0.393 e. The molecule has 2 heterocycles. The van der Waals surface area contributed by atoms with Crippen LogP contribution in [0.15, 0.2) is 6.33 Å². The molecule has 0 aliphatic carbocycles. The maximum absolute atomic E-state index is 8.83. The fourth-order valence-electron chi connectivity index (χ4n) is 2.86.